The summed E-state index contributed by atoms with van der Waals surface area (Å²) in [4.78, 5) is 2.44. The third-order valence-electron chi connectivity index (χ3n) is 4.51. The van der Waals surface area contributed by atoms with E-state index in [9.17, 15) is 13.2 Å². The standard InChI is InChI=1S/C15H19F3N2/c16-15(17,18)13-4-2-1-3-11(13)9-19-14-6-8-20-7-5-12(14)10-20/h1-4,12,14,19H,5-10H2. The third kappa shape index (κ3) is 2.83. The van der Waals surface area contributed by atoms with Gasteiger partial charge in [-0.15, -0.1) is 0 Å². The van der Waals surface area contributed by atoms with Crippen molar-refractivity contribution in [2.45, 2.75) is 31.6 Å². The van der Waals surface area contributed by atoms with Crippen molar-refractivity contribution in [2.75, 3.05) is 19.6 Å². The second-order valence-corrected chi connectivity index (χ2v) is 5.78. The third-order valence-corrected chi connectivity index (χ3v) is 4.51. The quantitative estimate of drug-likeness (QED) is 0.918. The molecule has 2 saturated heterocycles. The van der Waals surface area contributed by atoms with Crippen molar-refractivity contribution in [3.63, 3.8) is 0 Å². The van der Waals surface area contributed by atoms with Crippen molar-refractivity contribution >= 4 is 0 Å². The SMILES string of the molecule is FC(F)(F)c1ccccc1CNC1CCN2CCC1C2. The van der Waals surface area contributed by atoms with Crippen molar-refractivity contribution < 1.29 is 13.2 Å². The number of piperidine rings is 1. The highest BCUT2D eigenvalue weighted by atomic mass is 19.4. The number of hydrogen-bond donors (Lipinski definition) is 1. The first-order chi connectivity index (χ1) is 9.54. The first-order valence-electron chi connectivity index (χ1n) is 7.15. The molecule has 2 aliphatic rings. The Hall–Kier alpha value is -1.07. The maximum absolute atomic E-state index is 12.9. The monoisotopic (exact) mass is 284 g/mol. The highest BCUT2D eigenvalue weighted by Gasteiger charge is 2.35. The van der Waals surface area contributed by atoms with Gasteiger partial charge in [-0.3, -0.25) is 0 Å². The van der Waals surface area contributed by atoms with Crippen LogP contribution in [0.25, 0.3) is 0 Å². The van der Waals surface area contributed by atoms with Crippen molar-refractivity contribution in [3.05, 3.63) is 35.4 Å². The minimum atomic E-state index is -4.27. The molecule has 3 unspecified atom stereocenters. The van der Waals surface area contributed by atoms with E-state index >= 15 is 0 Å². The van der Waals surface area contributed by atoms with Gasteiger partial charge >= 0.3 is 6.18 Å². The second kappa shape index (κ2) is 5.37. The molecule has 2 fully saturated rings. The Labute approximate surface area is 117 Å². The van der Waals surface area contributed by atoms with Crippen LogP contribution in [-0.2, 0) is 12.7 Å². The predicted octanol–water partition coefficient (Wildman–Crippen LogP) is 2.89. The summed E-state index contributed by atoms with van der Waals surface area (Å²) in [6, 6.07) is 6.20. The van der Waals surface area contributed by atoms with Gasteiger partial charge in [-0.1, -0.05) is 18.2 Å². The van der Waals surface area contributed by atoms with Gasteiger partial charge in [0.05, 0.1) is 5.56 Å². The van der Waals surface area contributed by atoms with Crippen LogP contribution in [0.5, 0.6) is 0 Å². The van der Waals surface area contributed by atoms with Gasteiger partial charge in [-0.2, -0.15) is 13.2 Å². The van der Waals surface area contributed by atoms with Crippen molar-refractivity contribution in [3.8, 4) is 0 Å². The van der Waals surface area contributed by atoms with E-state index in [2.05, 4.69) is 10.2 Å². The average molecular weight is 284 g/mol. The van der Waals surface area contributed by atoms with Crippen LogP contribution >= 0.6 is 0 Å². The van der Waals surface area contributed by atoms with E-state index in [4.69, 9.17) is 0 Å². The van der Waals surface area contributed by atoms with Gasteiger partial charge in [0, 0.05) is 19.1 Å². The maximum Gasteiger partial charge on any atom is 0.416 e. The smallest absolute Gasteiger partial charge is 0.310 e. The minimum Gasteiger partial charge on any atom is -0.310 e. The molecular formula is C15H19F3N2. The topological polar surface area (TPSA) is 15.3 Å². The number of benzene rings is 1. The molecule has 0 aliphatic carbocycles. The van der Waals surface area contributed by atoms with E-state index in [1.807, 2.05) is 0 Å². The van der Waals surface area contributed by atoms with Gasteiger partial charge < -0.3 is 10.2 Å². The number of nitrogens with zero attached hydrogens (tertiary/aromatic N) is 1. The van der Waals surface area contributed by atoms with Crippen LogP contribution in [0.1, 0.15) is 24.0 Å². The predicted molar refractivity (Wildman–Crippen MR) is 71.2 cm³/mol. The maximum atomic E-state index is 12.9. The molecule has 0 amide bonds. The average Bonchev–Trinajstić information content (AvgIpc) is 2.80. The highest BCUT2D eigenvalue weighted by Crippen LogP contribution is 2.32. The van der Waals surface area contributed by atoms with Gasteiger partial charge in [-0.25, -0.2) is 0 Å². The van der Waals surface area contributed by atoms with Gasteiger partial charge in [0.2, 0.25) is 0 Å². The van der Waals surface area contributed by atoms with Crippen molar-refractivity contribution in [2.24, 2.45) is 5.92 Å². The van der Waals surface area contributed by atoms with Crippen LogP contribution < -0.4 is 5.32 Å². The molecule has 5 heteroatoms. The summed E-state index contributed by atoms with van der Waals surface area (Å²) in [5.41, 5.74) is -0.170. The molecular weight excluding hydrogens is 265 g/mol. The molecule has 0 radical (unpaired) electrons. The van der Waals surface area contributed by atoms with Crippen LogP contribution in [0, 0.1) is 5.92 Å². The summed E-state index contributed by atoms with van der Waals surface area (Å²) in [6.45, 7) is 3.60. The Morgan fingerprint density at radius 1 is 1.15 bits per heavy atom. The largest absolute Gasteiger partial charge is 0.416 e. The molecule has 2 aliphatic heterocycles. The summed E-state index contributed by atoms with van der Waals surface area (Å²) in [5.74, 6) is 0.599. The fourth-order valence-corrected chi connectivity index (χ4v) is 3.41. The zero-order valence-electron chi connectivity index (χ0n) is 11.3. The Morgan fingerprint density at radius 2 is 1.90 bits per heavy atom. The number of nitrogens with one attached hydrogen (secondary N) is 1. The number of alkyl halides is 3. The number of rotatable bonds is 3. The lowest BCUT2D eigenvalue weighted by atomic mass is 9.94. The molecule has 20 heavy (non-hydrogen) atoms. The molecule has 2 bridgehead atoms. The van der Waals surface area contributed by atoms with E-state index in [-0.39, 0.29) is 0 Å². The first kappa shape index (κ1) is 13.9. The molecule has 2 heterocycles. The minimum absolute atomic E-state index is 0.302. The molecule has 1 N–H and O–H groups in total. The fourth-order valence-electron chi connectivity index (χ4n) is 3.41. The summed E-state index contributed by atoms with van der Waals surface area (Å²) < 4.78 is 38.8. The molecule has 1 aromatic rings. The number of halogens is 3. The Morgan fingerprint density at radius 3 is 2.70 bits per heavy atom. The molecule has 0 saturated carbocycles. The molecule has 110 valence electrons. The van der Waals surface area contributed by atoms with Crippen LogP contribution in [-0.4, -0.2) is 30.6 Å². The Kier molecular flexibility index (Phi) is 3.73. The molecule has 0 spiro atoms. The van der Waals surface area contributed by atoms with Crippen LogP contribution in [0.3, 0.4) is 0 Å². The lowest BCUT2D eigenvalue weighted by Gasteiger charge is -2.31. The van der Waals surface area contributed by atoms with Crippen LogP contribution in [0.4, 0.5) is 13.2 Å². The van der Waals surface area contributed by atoms with Crippen molar-refractivity contribution in [1.29, 1.82) is 0 Å². The molecule has 0 aromatic heterocycles. The number of hydrogen-bond acceptors (Lipinski definition) is 2. The second-order valence-electron chi connectivity index (χ2n) is 5.78. The summed E-state index contributed by atoms with van der Waals surface area (Å²) in [6.07, 6.45) is -2.06. The van der Waals surface area contributed by atoms with E-state index in [1.165, 1.54) is 12.5 Å². The summed E-state index contributed by atoms with van der Waals surface area (Å²) >= 11 is 0. The van der Waals surface area contributed by atoms with Crippen LogP contribution in [0.2, 0.25) is 0 Å². The normalized spacial score (nSPS) is 29.6. The molecule has 1 aromatic carbocycles. The highest BCUT2D eigenvalue weighted by molar-refractivity contribution is 5.29. The van der Waals surface area contributed by atoms with Crippen molar-refractivity contribution in [1.82, 2.24) is 10.2 Å². The van der Waals surface area contributed by atoms with Crippen LogP contribution in [0.15, 0.2) is 24.3 Å². The first-order valence-corrected chi connectivity index (χ1v) is 7.15. The summed E-state index contributed by atoms with van der Waals surface area (Å²) in [7, 11) is 0. The van der Waals surface area contributed by atoms with E-state index in [0.717, 1.165) is 32.1 Å². The van der Waals surface area contributed by atoms with Gasteiger partial charge in [0.1, 0.15) is 0 Å². The molecule has 3 atom stereocenters. The summed E-state index contributed by atoms with van der Waals surface area (Å²) in [5, 5.41) is 3.35. The van der Waals surface area contributed by atoms with Gasteiger partial charge in [0.25, 0.3) is 0 Å². The van der Waals surface area contributed by atoms with Gasteiger partial charge in [-0.05, 0) is 43.5 Å². The molecule has 3 rings (SSSR count). The van der Waals surface area contributed by atoms with E-state index < -0.39 is 11.7 Å². The number of fused-ring (bicyclic) bond motifs is 2. The van der Waals surface area contributed by atoms with Gasteiger partial charge in [0.15, 0.2) is 0 Å². The fraction of sp³-hybridized carbons (Fsp3) is 0.600. The molecule has 2 nitrogen and oxygen atoms in total. The zero-order valence-corrected chi connectivity index (χ0v) is 11.3. The zero-order chi connectivity index (χ0) is 14.2. The Bertz CT molecular complexity index is 472. The Balaban J connectivity index is 1.66. The lowest BCUT2D eigenvalue weighted by molar-refractivity contribution is -0.138. The van der Waals surface area contributed by atoms with E-state index in [1.54, 1.807) is 12.1 Å². The lowest BCUT2D eigenvalue weighted by Crippen LogP contribution is -2.43. The van der Waals surface area contributed by atoms with E-state index in [0.29, 0.717) is 24.1 Å².